The van der Waals surface area contributed by atoms with E-state index in [2.05, 4.69) is 4.98 Å². The monoisotopic (exact) mass is 323 g/mol. The zero-order chi connectivity index (χ0) is 14.9. The van der Waals surface area contributed by atoms with E-state index in [1.165, 1.54) is 18.4 Å². The summed E-state index contributed by atoms with van der Waals surface area (Å²) in [6.45, 7) is 0. The van der Waals surface area contributed by atoms with Crippen LogP contribution in [0.5, 0.6) is 5.75 Å². The SMILES string of the molecule is COc1ccsc1C(O)c1ccc(C(F)(F)F)nc1Cl. The molecule has 0 radical (unpaired) electrons. The first-order valence-corrected chi connectivity index (χ1v) is 6.63. The topological polar surface area (TPSA) is 42.4 Å². The maximum Gasteiger partial charge on any atom is 0.433 e. The number of nitrogens with zero attached hydrogens (tertiary/aromatic N) is 1. The van der Waals surface area contributed by atoms with E-state index in [0.29, 0.717) is 10.6 Å². The minimum absolute atomic E-state index is 0.0976. The Morgan fingerprint density at radius 2 is 2.05 bits per heavy atom. The molecule has 2 heterocycles. The molecular weight excluding hydrogens is 315 g/mol. The Labute approximate surface area is 121 Å². The van der Waals surface area contributed by atoms with Crippen LogP contribution in [0, 0.1) is 0 Å². The van der Waals surface area contributed by atoms with Gasteiger partial charge in [0.1, 0.15) is 22.7 Å². The third kappa shape index (κ3) is 2.89. The van der Waals surface area contributed by atoms with Crippen LogP contribution in [0.1, 0.15) is 22.2 Å². The highest BCUT2D eigenvalue weighted by molar-refractivity contribution is 7.10. The molecule has 0 aliphatic rings. The van der Waals surface area contributed by atoms with Crippen LogP contribution in [0.15, 0.2) is 23.6 Å². The predicted octanol–water partition coefficient (Wildman–Crippen LogP) is 3.91. The molecular formula is C12H9ClF3NO2S. The van der Waals surface area contributed by atoms with Crippen molar-refractivity contribution in [2.24, 2.45) is 0 Å². The lowest BCUT2D eigenvalue weighted by atomic mass is 10.1. The van der Waals surface area contributed by atoms with Gasteiger partial charge in [-0.1, -0.05) is 17.7 Å². The smallest absolute Gasteiger partial charge is 0.433 e. The average molecular weight is 324 g/mol. The van der Waals surface area contributed by atoms with Gasteiger partial charge in [0.25, 0.3) is 0 Å². The first-order chi connectivity index (χ1) is 9.34. The second kappa shape index (κ2) is 5.59. The number of thiophene rings is 1. The van der Waals surface area contributed by atoms with Gasteiger partial charge in [-0.15, -0.1) is 11.3 Å². The van der Waals surface area contributed by atoms with Crippen molar-refractivity contribution >= 4 is 22.9 Å². The highest BCUT2D eigenvalue weighted by Gasteiger charge is 2.33. The van der Waals surface area contributed by atoms with E-state index in [-0.39, 0.29) is 10.7 Å². The van der Waals surface area contributed by atoms with Gasteiger partial charge in [0.15, 0.2) is 0 Å². The van der Waals surface area contributed by atoms with Gasteiger partial charge in [-0.2, -0.15) is 13.2 Å². The van der Waals surface area contributed by atoms with Crippen molar-refractivity contribution in [1.29, 1.82) is 0 Å². The molecule has 0 spiro atoms. The molecule has 2 aromatic heterocycles. The lowest BCUT2D eigenvalue weighted by Gasteiger charge is -2.14. The molecule has 108 valence electrons. The molecule has 0 bridgehead atoms. The summed E-state index contributed by atoms with van der Waals surface area (Å²) in [6.07, 6.45) is -5.76. The van der Waals surface area contributed by atoms with Gasteiger partial charge in [-0.25, -0.2) is 4.98 Å². The van der Waals surface area contributed by atoms with Gasteiger partial charge in [0.2, 0.25) is 0 Å². The number of pyridine rings is 1. The third-order valence-electron chi connectivity index (χ3n) is 2.59. The van der Waals surface area contributed by atoms with Crippen LogP contribution in [0.2, 0.25) is 5.15 Å². The van der Waals surface area contributed by atoms with Crippen LogP contribution in [0.3, 0.4) is 0 Å². The summed E-state index contributed by atoms with van der Waals surface area (Å²) in [7, 11) is 1.44. The normalized spacial score (nSPS) is 13.3. The van der Waals surface area contributed by atoms with Crippen LogP contribution in [-0.4, -0.2) is 17.2 Å². The quantitative estimate of drug-likeness (QED) is 0.871. The zero-order valence-corrected chi connectivity index (χ0v) is 11.7. The maximum absolute atomic E-state index is 12.5. The second-order valence-electron chi connectivity index (χ2n) is 3.83. The fourth-order valence-corrected chi connectivity index (χ4v) is 2.74. The fraction of sp³-hybridized carbons (Fsp3) is 0.250. The zero-order valence-electron chi connectivity index (χ0n) is 10.1. The van der Waals surface area contributed by atoms with Crippen molar-refractivity contribution in [1.82, 2.24) is 4.98 Å². The predicted molar refractivity (Wildman–Crippen MR) is 69.2 cm³/mol. The van der Waals surface area contributed by atoms with Crippen LogP contribution in [0.25, 0.3) is 0 Å². The molecule has 8 heteroatoms. The van der Waals surface area contributed by atoms with Crippen LogP contribution in [-0.2, 0) is 6.18 Å². The Balaban J connectivity index is 2.39. The Bertz CT molecular complexity index is 615. The Morgan fingerprint density at radius 3 is 2.60 bits per heavy atom. The number of rotatable bonds is 3. The van der Waals surface area contributed by atoms with Gasteiger partial charge in [-0.05, 0) is 17.5 Å². The van der Waals surface area contributed by atoms with E-state index in [1.807, 2.05) is 0 Å². The van der Waals surface area contributed by atoms with E-state index in [4.69, 9.17) is 16.3 Å². The summed E-state index contributed by atoms with van der Waals surface area (Å²) in [6, 6.07) is 3.54. The Kier molecular flexibility index (Phi) is 4.22. The van der Waals surface area contributed by atoms with Gasteiger partial charge in [-0.3, -0.25) is 0 Å². The standard InChI is InChI=1S/C12H9ClF3NO2S/c1-19-7-4-5-20-10(7)9(18)6-2-3-8(12(14,15)16)17-11(6)13/h2-5,9,18H,1H3. The number of aromatic nitrogens is 1. The Morgan fingerprint density at radius 1 is 1.35 bits per heavy atom. The molecule has 0 aromatic carbocycles. The van der Waals surface area contributed by atoms with Crippen LogP contribution >= 0.6 is 22.9 Å². The van der Waals surface area contributed by atoms with Crippen molar-refractivity contribution in [2.75, 3.05) is 7.11 Å². The fourth-order valence-electron chi connectivity index (χ4n) is 1.63. The third-order valence-corrected chi connectivity index (χ3v) is 3.84. The molecule has 1 N–H and O–H groups in total. The minimum Gasteiger partial charge on any atom is -0.495 e. The maximum atomic E-state index is 12.5. The summed E-state index contributed by atoms with van der Waals surface area (Å²) in [4.78, 5) is 3.73. The molecule has 1 unspecified atom stereocenters. The van der Waals surface area contributed by atoms with Crippen LogP contribution in [0.4, 0.5) is 13.2 Å². The highest BCUT2D eigenvalue weighted by atomic mass is 35.5. The molecule has 0 amide bonds. The molecule has 0 aliphatic heterocycles. The largest absolute Gasteiger partial charge is 0.495 e. The number of hydrogen-bond donors (Lipinski definition) is 1. The van der Waals surface area contributed by atoms with Crippen molar-refractivity contribution < 1.29 is 23.0 Å². The molecule has 2 aromatic rings. The van der Waals surface area contributed by atoms with Crippen molar-refractivity contribution in [2.45, 2.75) is 12.3 Å². The summed E-state index contributed by atoms with van der Waals surface area (Å²) >= 11 is 6.95. The number of alkyl halides is 3. The number of halogens is 4. The summed E-state index contributed by atoms with van der Waals surface area (Å²) in [5.41, 5.74) is -1.00. The number of ether oxygens (including phenoxy) is 1. The van der Waals surface area contributed by atoms with Crippen molar-refractivity contribution in [3.8, 4) is 5.75 Å². The molecule has 3 nitrogen and oxygen atoms in total. The molecule has 0 saturated carbocycles. The first kappa shape index (κ1) is 15.1. The molecule has 2 rings (SSSR count). The molecule has 0 aliphatic carbocycles. The van der Waals surface area contributed by atoms with E-state index in [9.17, 15) is 18.3 Å². The van der Waals surface area contributed by atoms with Gasteiger partial charge in [0, 0.05) is 5.56 Å². The van der Waals surface area contributed by atoms with Gasteiger partial charge < -0.3 is 9.84 Å². The molecule has 1 atom stereocenters. The van der Waals surface area contributed by atoms with Crippen molar-refractivity contribution in [3.05, 3.63) is 44.9 Å². The number of methoxy groups -OCH3 is 1. The summed E-state index contributed by atoms with van der Waals surface area (Å²) in [5, 5.41) is 11.5. The van der Waals surface area contributed by atoms with E-state index >= 15 is 0 Å². The number of hydrogen-bond acceptors (Lipinski definition) is 4. The molecule has 0 saturated heterocycles. The van der Waals surface area contributed by atoms with Gasteiger partial charge >= 0.3 is 6.18 Å². The van der Waals surface area contributed by atoms with Crippen LogP contribution < -0.4 is 4.74 Å². The van der Waals surface area contributed by atoms with E-state index in [1.54, 1.807) is 11.4 Å². The highest BCUT2D eigenvalue weighted by Crippen LogP contribution is 2.38. The first-order valence-electron chi connectivity index (χ1n) is 5.37. The lowest BCUT2D eigenvalue weighted by Crippen LogP contribution is -2.10. The average Bonchev–Trinajstić information content (AvgIpc) is 2.85. The second-order valence-corrected chi connectivity index (χ2v) is 5.14. The molecule has 0 fully saturated rings. The number of aliphatic hydroxyl groups is 1. The Hall–Kier alpha value is -1.31. The summed E-state index contributed by atoms with van der Waals surface area (Å²) in [5.74, 6) is 0.443. The minimum atomic E-state index is -4.58. The van der Waals surface area contributed by atoms with E-state index in [0.717, 1.165) is 12.1 Å². The van der Waals surface area contributed by atoms with E-state index < -0.39 is 18.0 Å². The summed E-state index contributed by atoms with van der Waals surface area (Å²) < 4.78 is 42.5. The lowest BCUT2D eigenvalue weighted by molar-refractivity contribution is -0.141. The van der Waals surface area contributed by atoms with Gasteiger partial charge in [0.05, 0.1) is 12.0 Å². The molecule has 20 heavy (non-hydrogen) atoms. The van der Waals surface area contributed by atoms with Crippen molar-refractivity contribution in [3.63, 3.8) is 0 Å². The number of aliphatic hydroxyl groups excluding tert-OH is 1.